The van der Waals surface area contributed by atoms with Crippen LogP contribution in [0.4, 0.5) is 5.69 Å². The van der Waals surface area contributed by atoms with Crippen LogP contribution >= 0.6 is 0 Å². The van der Waals surface area contributed by atoms with Gasteiger partial charge in [-0.2, -0.15) is 0 Å². The van der Waals surface area contributed by atoms with Crippen LogP contribution in [0.15, 0.2) is 79.0 Å². The first kappa shape index (κ1) is 16.6. The first-order chi connectivity index (χ1) is 13.0. The molecule has 1 heterocycles. The van der Waals surface area contributed by atoms with Crippen molar-refractivity contribution in [3.05, 3.63) is 95.7 Å². The van der Waals surface area contributed by atoms with Gasteiger partial charge in [0.25, 0.3) is 0 Å². The Kier molecular flexibility index (Phi) is 3.97. The van der Waals surface area contributed by atoms with E-state index in [0.717, 1.165) is 16.6 Å². The maximum atomic E-state index is 12.6. The first-order valence-corrected chi connectivity index (χ1v) is 8.44. The number of hydrogen-bond acceptors (Lipinski definition) is 3. The van der Waals surface area contributed by atoms with Crippen LogP contribution in [0.1, 0.15) is 26.3 Å². The SMILES string of the molecule is NC(=O)c1ccc2c(ccn2-c2ccc(C(=O)c3ccc(N)cc3)cc2)c1. The smallest absolute Gasteiger partial charge is 0.248 e. The van der Waals surface area contributed by atoms with Gasteiger partial charge in [-0.25, -0.2) is 0 Å². The number of rotatable bonds is 4. The van der Waals surface area contributed by atoms with E-state index in [-0.39, 0.29) is 5.78 Å². The maximum Gasteiger partial charge on any atom is 0.248 e. The molecular weight excluding hydrogens is 338 g/mol. The predicted molar refractivity (Wildman–Crippen MR) is 106 cm³/mol. The minimum atomic E-state index is -0.449. The lowest BCUT2D eigenvalue weighted by atomic mass is 10.0. The Morgan fingerprint density at radius 2 is 1.33 bits per heavy atom. The quantitative estimate of drug-likeness (QED) is 0.433. The highest BCUT2D eigenvalue weighted by molar-refractivity contribution is 6.09. The largest absolute Gasteiger partial charge is 0.399 e. The molecule has 0 unspecified atom stereocenters. The van der Waals surface area contributed by atoms with Crippen molar-refractivity contribution in [2.75, 3.05) is 5.73 Å². The fraction of sp³-hybridized carbons (Fsp3) is 0. The van der Waals surface area contributed by atoms with Crippen molar-refractivity contribution >= 4 is 28.3 Å². The lowest BCUT2D eigenvalue weighted by Crippen LogP contribution is -2.10. The molecule has 1 aromatic heterocycles. The van der Waals surface area contributed by atoms with E-state index in [4.69, 9.17) is 11.5 Å². The molecule has 0 aliphatic carbocycles. The molecule has 0 spiro atoms. The summed E-state index contributed by atoms with van der Waals surface area (Å²) < 4.78 is 2.00. The van der Waals surface area contributed by atoms with Gasteiger partial charge in [-0.05, 0) is 72.8 Å². The number of anilines is 1. The van der Waals surface area contributed by atoms with E-state index in [1.165, 1.54) is 0 Å². The van der Waals surface area contributed by atoms with E-state index in [1.807, 2.05) is 35.0 Å². The summed E-state index contributed by atoms with van der Waals surface area (Å²) in [6, 6.07) is 21.5. The number of hydrogen-bond donors (Lipinski definition) is 2. The van der Waals surface area contributed by atoms with Gasteiger partial charge in [0.15, 0.2) is 5.78 Å². The van der Waals surface area contributed by atoms with Crippen molar-refractivity contribution in [3.8, 4) is 5.69 Å². The Morgan fingerprint density at radius 3 is 1.96 bits per heavy atom. The van der Waals surface area contributed by atoms with Crippen LogP contribution < -0.4 is 11.5 Å². The Labute approximate surface area is 155 Å². The predicted octanol–water partition coefficient (Wildman–Crippen LogP) is 3.54. The van der Waals surface area contributed by atoms with Gasteiger partial charge in [-0.3, -0.25) is 9.59 Å². The number of amides is 1. The molecule has 0 aliphatic heterocycles. The van der Waals surface area contributed by atoms with E-state index in [9.17, 15) is 9.59 Å². The number of carbonyl (C=O) groups is 2. The monoisotopic (exact) mass is 355 g/mol. The normalized spacial score (nSPS) is 10.8. The van der Waals surface area contributed by atoms with Crippen LogP contribution in [0.5, 0.6) is 0 Å². The molecule has 1 amide bonds. The molecule has 0 radical (unpaired) electrons. The molecule has 0 fully saturated rings. The molecule has 4 aromatic rings. The van der Waals surface area contributed by atoms with E-state index in [2.05, 4.69) is 0 Å². The summed E-state index contributed by atoms with van der Waals surface area (Å²) in [6.45, 7) is 0. The Bertz CT molecular complexity index is 1160. The average Bonchev–Trinajstić information content (AvgIpc) is 3.11. The number of aromatic nitrogens is 1. The van der Waals surface area contributed by atoms with Gasteiger partial charge in [-0.15, -0.1) is 0 Å². The second kappa shape index (κ2) is 6.46. The lowest BCUT2D eigenvalue weighted by molar-refractivity contribution is 0.0998. The standard InChI is InChI=1S/C22H17N3O2/c23-18-6-1-14(2-7-18)21(26)15-3-8-19(9-4-15)25-12-11-16-13-17(22(24)27)5-10-20(16)25/h1-13H,23H2,(H2,24,27). The number of primary amides is 1. The van der Waals surface area contributed by atoms with Crippen LogP contribution in [-0.2, 0) is 0 Å². The van der Waals surface area contributed by atoms with E-state index >= 15 is 0 Å². The van der Waals surface area contributed by atoms with Gasteiger partial charge < -0.3 is 16.0 Å². The number of ketones is 1. The van der Waals surface area contributed by atoms with Crippen LogP contribution in [0.2, 0.25) is 0 Å². The third kappa shape index (κ3) is 3.06. The number of nitrogens with two attached hydrogens (primary N) is 2. The Hall–Kier alpha value is -3.86. The molecule has 132 valence electrons. The zero-order valence-electron chi connectivity index (χ0n) is 14.4. The molecule has 0 aliphatic rings. The number of fused-ring (bicyclic) bond motifs is 1. The third-order valence-electron chi connectivity index (χ3n) is 4.56. The maximum absolute atomic E-state index is 12.6. The van der Waals surface area contributed by atoms with Gasteiger partial charge in [0.1, 0.15) is 0 Å². The van der Waals surface area contributed by atoms with Crippen molar-refractivity contribution in [2.24, 2.45) is 5.73 Å². The number of nitrogens with zero attached hydrogens (tertiary/aromatic N) is 1. The summed E-state index contributed by atoms with van der Waals surface area (Å²) in [4.78, 5) is 23.9. The highest BCUT2D eigenvalue weighted by atomic mass is 16.1. The average molecular weight is 355 g/mol. The number of carbonyl (C=O) groups excluding carboxylic acids is 2. The van der Waals surface area contributed by atoms with Gasteiger partial charge in [0, 0.05) is 39.6 Å². The zero-order valence-corrected chi connectivity index (χ0v) is 14.4. The van der Waals surface area contributed by atoms with Gasteiger partial charge in [-0.1, -0.05) is 0 Å². The molecular formula is C22H17N3O2. The third-order valence-corrected chi connectivity index (χ3v) is 4.56. The summed E-state index contributed by atoms with van der Waals surface area (Å²) in [7, 11) is 0. The lowest BCUT2D eigenvalue weighted by Gasteiger charge is -2.08. The second-order valence-corrected chi connectivity index (χ2v) is 6.32. The minimum Gasteiger partial charge on any atom is -0.399 e. The minimum absolute atomic E-state index is 0.0509. The first-order valence-electron chi connectivity index (χ1n) is 8.44. The summed E-state index contributed by atoms with van der Waals surface area (Å²) in [5, 5.41) is 0.924. The van der Waals surface area contributed by atoms with Crippen LogP contribution in [0, 0.1) is 0 Å². The highest BCUT2D eigenvalue weighted by Gasteiger charge is 2.10. The Balaban J connectivity index is 1.66. The van der Waals surface area contributed by atoms with Crippen LogP contribution in [0.25, 0.3) is 16.6 Å². The molecule has 4 N–H and O–H groups in total. The molecule has 3 aromatic carbocycles. The van der Waals surface area contributed by atoms with Crippen molar-refractivity contribution in [1.82, 2.24) is 4.57 Å². The van der Waals surface area contributed by atoms with Gasteiger partial charge in [0.2, 0.25) is 5.91 Å². The Morgan fingerprint density at radius 1 is 0.741 bits per heavy atom. The molecule has 5 heteroatoms. The number of benzene rings is 3. The van der Waals surface area contributed by atoms with Crippen molar-refractivity contribution < 1.29 is 9.59 Å². The highest BCUT2D eigenvalue weighted by Crippen LogP contribution is 2.22. The summed E-state index contributed by atoms with van der Waals surface area (Å²) in [6.07, 6.45) is 1.92. The zero-order chi connectivity index (χ0) is 19.0. The number of nitrogen functional groups attached to an aromatic ring is 1. The van der Waals surface area contributed by atoms with Crippen molar-refractivity contribution in [1.29, 1.82) is 0 Å². The molecule has 0 bridgehead atoms. The van der Waals surface area contributed by atoms with Crippen LogP contribution in [-0.4, -0.2) is 16.3 Å². The summed E-state index contributed by atoms with van der Waals surface area (Å²) in [5.41, 5.74) is 15.2. The van der Waals surface area contributed by atoms with Crippen molar-refractivity contribution in [3.63, 3.8) is 0 Å². The second-order valence-electron chi connectivity index (χ2n) is 6.32. The van der Waals surface area contributed by atoms with E-state index in [1.54, 1.807) is 48.5 Å². The summed E-state index contributed by atoms with van der Waals surface area (Å²) in [5.74, 6) is -0.500. The fourth-order valence-electron chi connectivity index (χ4n) is 3.10. The molecule has 0 saturated carbocycles. The summed E-state index contributed by atoms with van der Waals surface area (Å²) >= 11 is 0. The molecule has 5 nitrogen and oxygen atoms in total. The molecule has 27 heavy (non-hydrogen) atoms. The molecule has 0 atom stereocenters. The fourth-order valence-corrected chi connectivity index (χ4v) is 3.10. The van der Waals surface area contributed by atoms with E-state index < -0.39 is 5.91 Å². The topological polar surface area (TPSA) is 91.1 Å². The van der Waals surface area contributed by atoms with E-state index in [0.29, 0.717) is 22.4 Å². The molecule has 4 rings (SSSR count). The molecule has 0 saturated heterocycles. The van der Waals surface area contributed by atoms with Crippen molar-refractivity contribution in [2.45, 2.75) is 0 Å². The van der Waals surface area contributed by atoms with Gasteiger partial charge >= 0.3 is 0 Å². The van der Waals surface area contributed by atoms with Gasteiger partial charge in [0.05, 0.1) is 5.52 Å². The van der Waals surface area contributed by atoms with Crippen LogP contribution in [0.3, 0.4) is 0 Å².